The van der Waals surface area contributed by atoms with Gasteiger partial charge in [-0.05, 0) is 30.2 Å². The third kappa shape index (κ3) is 0.973. The van der Waals surface area contributed by atoms with Crippen LogP contribution in [0.2, 0.25) is 0 Å². The van der Waals surface area contributed by atoms with E-state index in [0.717, 1.165) is 24.2 Å². The Hall–Kier alpha value is -1.09. The lowest BCUT2D eigenvalue weighted by Gasteiger charge is -2.10. The van der Waals surface area contributed by atoms with Crippen molar-refractivity contribution in [2.75, 3.05) is 11.6 Å². The molecule has 11 heavy (non-hydrogen) atoms. The molecule has 2 N–H and O–H groups in total. The maximum Gasteiger partial charge on any atom is 0.123 e. The molecule has 0 aromatic heterocycles. The van der Waals surface area contributed by atoms with Gasteiger partial charge in [-0.1, -0.05) is 0 Å². The number of nitrogens with two attached hydrogens (primary N) is 1. The highest BCUT2D eigenvalue weighted by Crippen LogP contribution is 2.25. The van der Waals surface area contributed by atoms with Crippen LogP contribution in [-0.4, -0.2) is 6.54 Å². The van der Waals surface area contributed by atoms with Crippen molar-refractivity contribution in [2.24, 2.45) is 5.84 Å². The third-order valence-electron chi connectivity index (χ3n) is 1.97. The summed E-state index contributed by atoms with van der Waals surface area (Å²) in [6.07, 6.45) is 0.851. The predicted molar refractivity (Wildman–Crippen MR) is 41.6 cm³/mol. The Morgan fingerprint density at radius 3 is 3.09 bits per heavy atom. The van der Waals surface area contributed by atoms with Crippen molar-refractivity contribution >= 4 is 5.69 Å². The van der Waals surface area contributed by atoms with Gasteiger partial charge in [-0.3, -0.25) is 0 Å². The highest BCUT2D eigenvalue weighted by atomic mass is 19.1. The molecule has 2 nitrogen and oxygen atoms in total. The van der Waals surface area contributed by atoms with E-state index in [9.17, 15) is 4.39 Å². The zero-order valence-corrected chi connectivity index (χ0v) is 6.05. The van der Waals surface area contributed by atoms with Crippen LogP contribution in [0.15, 0.2) is 18.2 Å². The minimum absolute atomic E-state index is 0.181. The largest absolute Gasteiger partial charge is 0.310 e. The van der Waals surface area contributed by atoms with E-state index >= 15 is 0 Å². The van der Waals surface area contributed by atoms with Gasteiger partial charge in [0, 0.05) is 6.54 Å². The molecule has 0 amide bonds. The molecule has 2 rings (SSSR count). The Morgan fingerprint density at radius 2 is 2.27 bits per heavy atom. The van der Waals surface area contributed by atoms with E-state index in [1.807, 2.05) is 0 Å². The van der Waals surface area contributed by atoms with Gasteiger partial charge in [-0.2, -0.15) is 0 Å². The molecule has 0 fully saturated rings. The van der Waals surface area contributed by atoms with Crippen LogP contribution in [0.3, 0.4) is 0 Å². The fourth-order valence-corrected chi connectivity index (χ4v) is 1.40. The van der Waals surface area contributed by atoms with Crippen molar-refractivity contribution in [3.05, 3.63) is 29.6 Å². The van der Waals surface area contributed by atoms with Crippen LogP contribution < -0.4 is 10.9 Å². The number of hydrogen-bond acceptors (Lipinski definition) is 2. The lowest BCUT2D eigenvalue weighted by Crippen LogP contribution is -2.27. The van der Waals surface area contributed by atoms with Crippen molar-refractivity contribution in [2.45, 2.75) is 6.42 Å². The second-order valence-electron chi connectivity index (χ2n) is 2.72. The SMILES string of the molecule is NN1CCc2cc(F)ccc21. The van der Waals surface area contributed by atoms with E-state index in [1.165, 1.54) is 6.07 Å². The maximum absolute atomic E-state index is 12.6. The van der Waals surface area contributed by atoms with Crippen LogP contribution in [-0.2, 0) is 6.42 Å². The fraction of sp³-hybridized carbons (Fsp3) is 0.250. The Labute approximate surface area is 64.4 Å². The zero-order valence-electron chi connectivity index (χ0n) is 6.05. The van der Waals surface area contributed by atoms with Crippen molar-refractivity contribution in [3.8, 4) is 0 Å². The maximum atomic E-state index is 12.6. The summed E-state index contributed by atoms with van der Waals surface area (Å²) in [4.78, 5) is 0. The van der Waals surface area contributed by atoms with E-state index in [2.05, 4.69) is 0 Å². The Bertz CT molecular complexity index is 285. The molecular weight excluding hydrogens is 143 g/mol. The first kappa shape index (κ1) is 6.61. The second-order valence-corrected chi connectivity index (χ2v) is 2.72. The van der Waals surface area contributed by atoms with Gasteiger partial charge in [-0.15, -0.1) is 0 Å². The van der Waals surface area contributed by atoms with E-state index in [0.29, 0.717) is 0 Å². The van der Waals surface area contributed by atoms with E-state index in [-0.39, 0.29) is 5.82 Å². The number of rotatable bonds is 0. The van der Waals surface area contributed by atoms with Gasteiger partial charge in [-0.25, -0.2) is 10.2 Å². The number of halogens is 1. The van der Waals surface area contributed by atoms with Crippen LogP contribution in [0.1, 0.15) is 5.56 Å². The summed E-state index contributed by atoms with van der Waals surface area (Å²) in [6, 6.07) is 4.70. The number of fused-ring (bicyclic) bond motifs is 1. The van der Waals surface area contributed by atoms with Crippen molar-refractivity contribution in [1.29, 1.82) is 0 Å². The molecule has 3 heteroatoms. The molecule has 0 atom stereocenters. The Morgan fingerprint density at radius 1 is 1.45 bits per heavy atom. The van der Waals surface area contributed by atoms with Crippen LogP contribution >= 0.6 is 0 Å². The monoisotopic (exact) mass is 152 g/mol. The summed E-state index contributed by atoms with van der Waals surface area (Å²) < 4.78 is 12.6. The number of nitrogens with zero attached hydrogens (tertiary/aromatic N) is 1. The van der Waals surface area contributed by atoms with E-state index in [1.54, 1.807) is 17.1 Å². The number of hydrogen-bond donors (Lipinski definition) is 1. The summed E-state index contributed by atoms with van der Waals surface area (Å²) in [5.74, 6) is 5.43. The van der Waals surface area contributed by atoms with Gasteiger partial charge in [0.05, 0.1) is 5.69 Å². The smallest absolute Gasteiger partial charge is 0.123 e. The molecule has 0 saturated carbocycles. The van der Waals surface area contributed by atoms with Crippen LogP contribution in [0.4, 0.5) is 10.1 Å². The first-order valence-corrected chi connectivity index (χ1v) is 3.58. The standard InChI is InChI=1S/C8H9FN2/c9-7-1-2-8-6(5-7)3-4-11(8)10/h1-2,5H,3-4,10H2. The quantitative estimate of drug-likeness (QED) is 0.563. The van der Waals surface area contributed by atoms with Crippen molar-refractivity contribution in [1.82, 2.24) is 0 Å². The topological polar surface area (TPSA) is 29.3 Å². The highest BCUT2D eigenvalue weighted by molar-refractivity contribution is 5.56. The molecule has 0 bridgehead atoms. The van der Waals surface area contributed by atoms with E-state index in [4.69, 9.17) is 5.84 Å². The molecule has 58 valence electrons. The van der Waals surface area contributed by atoms with Gasteiger partial charge in [0.2, 0.25) is 0 Å². The van der Waals surface area contributed by atoms with Gasteiger partial charge >= 0.3 is 0 Å². The number of benzene rings is 1. The van der Waals surface area contributed by atoms with Crippen molar-refractivity contribution < 1.29 is 4.39 Å². The molecule has 0 aliphatic carbocycles. The van der Waals surface area contributed by atoms with Gasteiger partial charge < -0.3 is 5.01 Å². The minimum atomic E-state index is -0.181. The Kier molecular flexibility index (Phi) is 1.32. The second kappa shape index (κ2) is 2.20. The van der Waals surface area contributed by atoms with Gasteiger partial charge in [0.25, 0.3) is 0 Å². The third-order valence-corrected chi connectivity index (χ3v) is 1.97. The molecule has 1 aromatic carbocycles. The molecule has 1 aliphatic heterocycles. The van der Waals surface area contributed by atoms with Gasteiger partial charge in [0.15, 0.2) is 0 Å². The summed E-state index contributed by atoms with van der Waals surface area (Å²) in [5.41, 5.74) is 1.96. The average Bonchev–Trinajstić information content (AvgIpc) is 2.32. The van der Waals surface area contributed by atoms with Gasteiger partial charge in [0.1, 0.15) is 5.82 Å². The molecule has 0 saturated heterocycles. The molecule has 1 aromatic rings. The lowest BCUT2D eigenvalue weighted by molar-refractivity contribution is 0.626. The molecule has 0 unspecified atom stereocenters. The molecule has 0 spiro atoms. The predicted octanol–water partition coefficient (Wildman–Crippen LogP) is 1.06. The van der Waals surface area contributed by atoms with Crippen molar-refractivity contribution in [3.63, 3.8) is 0 Å². The summed E-state index contributed by atoms with van der Waals surface area (Å²) in [7, 11) is 0. The minimum Gasteiger partial charge on any atom is -0.310 e. The first-order valence-electron chi connectivity index (χ1n) is 3.58. The lowest BCUT2D eigenvalue weighted by atomic mass is 10.2. The number of anilines is 1. The van der Waals surface area contributed by atoms with Crippen LogP contribution in [0.25, 0.3) is 0 Å². The molecule has 0 radical (unpaired) electrons. The Balaban J connectivity index is 2.50. The molecule has 1 heterocycles. The summed E-state index contributed by atoms with van der Waals surface area (Å²) in [5, 5.41) is 1.65. The normalized spacial score (nSPS) is 15.3. The first-order chi connectivity index (χ1) is 5.27. The highest BCUT2D eigenvalue weighted by Gasteiger charge is 2.15. The zero-order chi connectivity index (χ0) is 7.84. The van der Waals surface area contributed by atoms with Crippen LogP contribution in [0, 0.1) is 5.82 Å². The molecular formula is C8H9FN2. The van der Waals surface area contributed by atoms with Crippen LogP contribution in [0.5, 0.6) is 0 Å². The summed E-state index contributed by atoms with van der Waals surface area (Å²) >= 11 is 0. The summed E-state index contributed by atoms with van der Waals surface area (Å²) in [6.45, 7) is 0.790. The molecule has 1 aliphatic rings. The number of hydrazine groups is 1. The van der Waals surface area contributed by atoms with E-state index < -0.39 is 0 Å². The fourth-order valence-electron chi connectivity index (χ4n) is 1.40. The average molecular weight is 152 g/mol.